The molecule has 0 aliphatic rings. The summed E-state index contributed by atoms with van der Waals surface area (Å²) in [5, 5.41) is 4.54. The van der Waals surface area contributed by atoms with Gasteiger partial charge in [0.05, 0.1) is 18.8 Å². The maximum atomic E-state index is 13.6. The Bertz CT molecular complexity index is 1410. The summed E-state index contributed by atoms with van der Waals surface area (Å²) in [5.74, 6) is 0.492. The van der Waals surface area contributed by atoms with Crippen molar-refractivity contribution in [3.63, 3.8) is 0 Å². The van der Waals surface area contributed by atoms with Gasteiger partial charge >= 0.3 is 5.69 Å². The number of hydrogen-bond acceptors (Lipinski definition) is 5. The van der Waals surface area contributed by atoms with E-state index in [9.17, 15) is 9.59 Å². The lowest BCUT2D eigenvalue weighted by molar-refractivity contribution is 0.139. The van der Waals surface area contributed by atoms with Crippen molar-refractivity contribution < 1.29 is 4.74 Å². The largest absolute Gasteiger partial charge is 0.380 e. The Labute approximate surface area is 185 Å². The third kappa shape index (κ3) is 3.69. The number of aryl methyl sites for hydroxylation is 4. The molecule has 1 aromatic carbocycles. The Morgan fingerprint density at radius 2 is 1.81 bits per heavy atom. The average molecular weight is 437 g/mol. The van der Waals surface area contributed by atoms with Gasteiger partial charge in [-0.2, -0.15) is 10.1 Å². The van der Waals surface area contributed by atoms with Crippen molar-refractivity contribution in [3.05, 3.63) is 73.7 Å². The lowest BCUT2D eigenvalue weighted by atomic mass is 10.1. The molecule has 168 valence electrons. The highest BCUT2D eigenvalue weighted by Gasteiger charge is 2.22. The van der Waals surface area contributed by atoms with Crippen molar-refractivity contribution in [1.82, 2.24) is 28.5 Å². The van der Waals surface area contributed by atoms with Crippen LogP contribution in [-0.2, 0) is 24.9 Å². The predicted molar refractivity (Wildman–Crippen MR) is 123 cm³/mol. The second-order valence-electron chi connectivity index (χ2n) is 7.93. The molecule has 32 heavy (non-hydrogen) atoms. The number of ether oxygens (including phenoxy) is 1. The van der Waals surface area contributed by atoms with E-state index in [1.807, 2.05) is 58.0 Å². The number of benzene rings is 1. The Balaban J connectivity index is 1.98. The maximum Gasteiger partial charge on any atom is 0.332 e. The summed E-state index contributed by atoms with van der Waals surface area (Å²) in [6.07, 6.45) is 0. The van der Waals surface area contributed by atoms with Gasteiger partial charge in [0.25, 0.3) is 5.56 Å². The quantitative estimate of drug-likeness (QED) is 0.414. The van der Waals surface area contributed by atoms with Crippen LogP contribution in [0.1, 0.15) is 29.4 Å². The normalized spacial score (nSPS) is 11.5. The molecule has 0 saturated carbocycles. The van der Waals surface area contributed by atoms with E-state index in [1.54, 1.807) is 16.3 Å². The van der Waals surface area contributed by atoms with E-state index in [1.165, 1.54) is 9.13 Å². The first-order chi connectivity index (χ1) is 15.3. The molecule has 0 radical (unpaired) electrons. The molecule has 3 heterocycles. The summed E-state index contributed by atoms with van der Waals surface area (Å²) >= 11 is 0. The number of hydrogen-bond donors (Lipinski definition) is 0. The minimum atomic E-state index is -0.403. The molecule has 3 aromatic heterocycles. The standard InChI is InChI=1S/C23H28N6O3/c1-6-32-12-11-27-19-20(24-22(27)29-17(4)13-16(3)25-29)26(5)23(31)28(21(19)30)14-18-10-8-7-9-15(18)2/h7-10,13H,6,11-12,14H2,1-5H3. The molecule has 0 fully saturated rings. The Hall–Kier alpha value is -3.46. The first-order valence-corrected chi connectivity index (χ1v) is 10.7. The zero-order chi connectivity index (χ0) is 23.0. The molecule has 0 atom stereocenters. The molecule has 0 spiro atoms. The summed E-state index contributed by atoms with van der Waals surface area (Å²) in [7, 11) is 1.64. The third-order valence-electron chi connectivity index (χ3n) is 5.66. The van der Waals surface area contributed by atoms with Crippen LogP contribution in [-0.4, -0.2) is 41.7 Å². The maximum absolute atomic E-state index is 13.6. The molecule has 0 N–H and O–H groups in total. The Kier molecular flexibility index (Phi) is 5.84. The smallest absolute Gasteiger partial charge is 0.332 e. The number of imidazole rings is 1. The van der Waals surface area contributed by atoms with Gasteiger partial charge in [0.15, 0.2) is 11.2 Å². The summed E-state index contributed by atoms with van der Waals surface area (Å²) < 4.78 is 11.8. The van der Waals surface area contributed by atoms with Gasteiger partial charge in [-0.15, -0.1) is 0 Å². The van der Waals surface area contributed by atoms with Gasteiger partial charge in [0.2, 0.25) is 5.95 Å². The predicted octanol–water partition coefficient (Wildman–Crippen LogP) is 2.09. The van der Waals surface area contributed by atoms with Crippen molar-refractivity contribution in [2.45, 2.75) is 40.8 Å². The van der Waals surface area contributed by atoms with Crippen molar-refractivity contribution in [2.75, 3.05) is 13.2 Å². The molecule has 0 saturated heterocycles. The zero-order valence-electron chi connectivity index (χ0n) is 19.1. The van der Waals surface area contributed by atoms with Gasteiger partial charge in [-0.25, -0.2) is 9.48 Å². The fraction of sp³-hybridized carbons (Fsp3) is 0.391. The van der Waals surface area contributed by atoms with Crippen molar-refractivity contribution >= 4 is 11.2 Å². The van der Waals surface area contributed by atoms with Crippen molar-refractivity contribution in [3.8, 4) is 5.95 Å². The van der Waals surface area contributed by atoms with E-state index >= 15 is 0 Å². The van der Waals surface area contributed by atoms with Gasteiger partial charge in [-0.1, -0.05) is 24.3 Å². The SMILES string of the molecule is CCOCCn1c(-n2nc(C)cc2C)nc2c1c(=O)n(Cc1ccccc1C)c(=O)n2C. The van der Waals surface area contributed by atoms with Gasteiger partial charge < -0.3 is 9.30 Å². The van der Waals surface area contributed by atoms with Crippen LogP contribution in [0.25, 0.3) is 17.1 Å². The molecule has 9 heteroatoms. The summed E-state index contributed by atoms with van der Waals surface area (Å²) in [5.41, 5.74) is 3.60. The molecular formula is C23H28N6O3. The van der Waals surface area contributed by atoms with E-state index in [-0.39, 0.29) is 12.1 Å². The summed E-state index contributed by atoms with van der Waals surface area (Å²) in [4.78, 5) is 31.4. The lowest BCUT2D eigenvalue weighted by Gasteiger charge is -2.12. The van der Waals surface area contributed by atoms with Crippen LogP contribution in [0.4, 0.5) is 0 Å². The highest BCUT2D eigenvalue weighted by molar-refractivity contribution is 5.72. The third-order valence-corrected chi connectivity index (χ3v) is 5.66. The van der Waals surface area contributed by atoms with Crippen LogP contribution in [0.3, 0.4) is 0 Å². The van der Waals surface area contributed by atoms with Crippen LogP contribution in [0.5, 0.6) is 0 Å². The van der Waals surface area contributed by atoms with Gasteiger partial charge in [-0.05, 0) is 44.9 Å². The van der Waals surface area contributed by atoms with E-state index < -0.39 is 5.69 Å². The fourth-order valence-corrected chi connectivity index (χ4v) is 3.96. The molecule has 4 aromatic rings. The second-order valence-corrected chi connectivity index (χ2v) is 7.93. The first kappa shape index (κ1) is 21.8. The Morgan fingerprint density at radius 3 is 2.47 bits per heavy atom. The zero-order valence-corrected chi connectivity index (χ0v) is 19.1. The van der Waals surface area contributed by atoms with Crippen LogP contribution in [0.2, 0.25) is 0 Å². The highest BCUT2D eigenvalue weighted by atomic mass is 16.5. The molecular weight excluding hydrogens is 408 g/mol. The van der Waals surface area contributed by atoms with Crippen LogP contribution < -0.4 is 11.2 Å². The second kappa shape index (κ2) is 8.58. The minimum absolute atomic E-state index is 0.194. The molecule has 0 aliphatic heterocycles. The number of rotatable bonds is 7. The van der Waals surface area contributed by atoms with Crippen LogP contribution in [0, 0.1) is 20.8 Å². The van der Waals surface area contributed by atoms with Crippen molar-refractivity contribution in [2.24, 2.45) is 7.05 Å². The average Bonchev–Trinajstić information content (AvgIpc) is 3.30. The van der Waals surface area contributed by atoms with Gasteiger partial charge in [0.1, 0.15) is 0 Å². The summed E-state index contributed by atoms with van der Waals surface area (Å²) in [6, 6.07) is 9.69. The first-order valence-electron chi connectivity index (χ1n) is 10.7. The topological polar surface area (TPSA) is 88.9 Å². The van der Waals surface area contributed by atoms with Gasteiger partial charge in [-0.3, -0.25) is 13.9 Å². The van der Waals surface area contributed by atoms with Gasteiger partial charge in [0, 0.05) is 25.9 Å². The van der Waals surface area contributed by atoms with E-state index in [0.717, 1.165) is 22.5 Å². The van der Waals surface area contributed by atoms with E-state index in [4.69, 9.17) is 4.74 Å². The van der Waals surface area contributed by atoms with Crippen LogP contribution in [0.15, 0.2) is 39.9 Å². The fourth-order valence-electron chi connectivity index (χ4n) is 3.96. The lowest BCUT2D eigenvalue weighted by Crippen LogP contribution is -2.40. The molecule has 0 unspecified atom stereocenters. The number of fused-ring (bicyclic) bond motifs is 1. The molecule has 9 nitrogen and oxygen atoms in total. The monoisotopic (exact) mass is 436 g/mol. The summed E-state index contributed by atoms with van der Waals surface area (Å²) in [6.45, 7) is 9.31. The number of nitrogens with zero attached hydrogens (tertiary/aromatic N) is 6. The molecule has 4 rings (SSSR count). The van der Waals surface area contributed by atoms with Crippen molar-refractivity contribution in [1.29, 1.82) is 0 Å². The van der Waals surface area contributed by atoms with E-state index in [0.29, 0.717) is 36.9 Å². The molecule has 0 amide bonds. The molecule has 0 aliphatic carbocycles. The minimum Gasteiger partial charge on any atom is -0.380 e. The van der Waals surface area contributed by atoms with Crippen LogP contribution >= 0.6 is 0 Å². The molecule has 0 bridgehead atoms. The van der Waals surface area contributed by atoms with E-state index in [2.05, 4.69) is 10.1 Å². The number of aromatic nitrogens is 6. The Morgan fingerprint density at radius 1 is 1.06 bits per heavy atom. The highest BCUT2D eigenvalue weighted by Crippen LogP contribution is 2.18.